The van der Waals surface area contributed by atoms with Crippen LogP contribution in [0.1, 0.15) is 38.2 Å². The molecule has 1 aliphatic rings. The van der Waals surface area contributed by atoms with Gasteiger partial charge >= 0.3 is 0 Å². The van der Waals surface area contributed by atoms with Crippen molar-refractivity contribution in [1.82, 2.24) is 5.32 Å². The molecular weight excluding hydrogens is 288 g/mol. The van der Waals surface area contributed by atoms with E-state index in [9.17, 15) is 0 Å². The van der Waals surface area contributed by atoms with Crippen molar-refractivity contribution in [1.29, 1.82) is 0 Å². The van der Waals surface area contributed by atoms with Crippen LogP contribution in [0.5, 0.6) is 0 Å². The van der Waals surface area contributed by atoms with Crippen molar-refractivity contribution in [2.45, 2.75) is 57.2 Å². The van der Waals surface area contributed by atoms with Crippen molar-refractivity contribution in [3.05, 3.63) is 34.3 Å². The summed E-state index contributed by atoms with van der Waals surface area (Å²) >= 11 is 3.47. The molecule has 0 radical (unpaired) electrons. The first-order valence-electron chi connectivity index (χ1n) is 6.89. The third-order valence-electron chi connectivity index (χ3n) is 3.69. The lowest BCUT2D eigenvalue weighted by atomic mass is 9.91. The number of hydrogen-bond donors (Lipinski definition) is 2. The topological polar surface area (TPSA) is 38.0 Å². The average molecular weight is 311 g/mol. The first-order valence-corrected chi connectivity index (χ1v) is 7.69. The summed E-state index contributed by atoms with van der Waals surface area (Å²) in [5.74, 6) is 0. The lowest BCUT2D eigenvalue weighted by Crippen LogP contribution is -2.43. The van der Waals surface area contributed by atoms with E-state index in [0.717, 1.165) is 17.3 Å². The quantitative estimate of drug-likeness (QED) is 0.896. The van der Waals surface area contributed by atoms with E-state index in [0.29, 0.717) is 18.1 Å². The van der Waals surface area contributed by atoms with Gasteiger partial charge < -0.3 is 11.1 Å². The molecule has 0 bridgehead atoms. The molecule has 1 aromatic rings. The molecule has 18 heavy (non-hydrogen) atoms. The Morgan fingerprint density at radius 1 is 1.33 bits per heavy atom. The van der Waals surface area contributed by atoms with E-state index < -0.39 is 0 Å². The van der Waals surface area contributed by atoms with Gasteiger partial charge in [0.2, 0.25) is 0 Å². The third kappa shape index (κ3) is 4.38. The molecule has 2 rings (SSSR count). The van der Waals surface area contributed by atoms with Gasteiger partial charge in [-0.2, -0.15) is 0 Å². The Morgan fingerprint density at radius 3 is 2.72 bits per heavy atom. The first kappa shape index (κ1) is 14.0. The molecule has 2 nitrogen and oxygen atoms in total. The fourth-order valence-electron chi connectivity index (χ4n) is 2.81. The first-order chi connectivity index (χ1) is 8.63. The molecule has 0 aliphatic heterocycles. The molecule has 3 heteroatoms. The highest BCUT2D eigenvalue weighted by molar-refractivity contribution is 9.10. The summed E-state index contributed by atoms with van der Waals surface area (Å²) in [6, 6.07) is 10.1. The minimum atomic E-state index is 0.399. The average Bonchev–Trinajstić information content (AvgIpc) is 2.32. The van der Waals surface area contributed by atoms with Crippen molar-refractivity contribution >= 4 is 15.9 Å². The van der Waals surface area contributed by atoms with E-state index in [1.54, 1.807) is 0 Å². The summed E-state index contributed by atoms with van der Waals surface area (Å²) in [5.41, 5.74) is 7.41. The standard InChI is InChI=1S/C15H23BrN2/c1-11(9-12-5-7-13(16)8-6-12)18-15-4-2-3-14(17)10-15/h5-8,11,14-15,18H,2-4,9-10,17H2,1H3. The molecule has 1 aromatic carbocycles. The van der Waals surface area contributed by atoms with E-state index in [1.165, 1.54) is 24.8 Å². The lowest BCUT2D eigenvalue weighted by molar-refractivity contribution is 0.316. The van der Waals surface area contributed by atoms with Crippen molar-refractivity contribution in [2.75, 3.05) is 0 Å². The second kappa shape index (κ2) is 6.69. The minimum Gasteiger partial charge on any atom is -0.328 e. The van der Waals surface area contributed by atoms with Crippen molar-refractivity contribution in [3.8, 4) is 0 Å². The van der Waals surface area contributed by atoms with Gasteiger partial charge in [0.1, 0.15) is 0 Å². The molecule has 0 amide bonds. The summed E-state index contributed by atoms with van der Waals surface area (Å²) < 4.78 is 1.14. The Hall–Kier alpha value is -0.380. The van der Waals surface area contributed by atoms with Crippen LogP contribution >= 0.6 is 15.9 Å². The van der Waals surface area contributed by atoms with Gasteiger partial charge in [0.05, 0.1) is 0 Å². The molecule has 0 spiro atoms. The highest BCUT2D eigenvalue weighted by Gasteiger charge is 2.20. The summed E-state index contributed by atoms with van der Waals surface area (Å²) in [5, 5.41) is 3.72. The molecule has 0 heterocycles. The van der Waals surface area contributed by atoms with E-state index in [2.05, 4.69) is 52.4 Å². The van der Waals surface area contributed by atoms with Crippen LogP contribution in [0, 0.1) is 0 Å². The molecule has 3 unspecified atom stereocenters. The van der Waals surface area contributed by atoms with Crippen LogP contribution in [0.2, 0.25) is 0 Å². The van der Waals surface area contributed by atoms with Crippen LogP contribution in [0.25, 0.3) is 0 Å². The van der Waals surface area contributed by atoms with Gasteiger partial charge in [-0.05, 0) is 50.3 Å². The summed E-state index contributed by atoms with van der Waals surface area (Å²) in [6.45, 7) is 2.27. The van der Waals surface area contributed by atoms with Gasteiger partial charge in [-0.3, -0.25) is 0 Å². The molecule has 0 saturated heterocycles. The van der Waals surface area contributed by atoms with Gasteiger partial charge in [-0.25, -0.2) is 0 Å². The fraction of sp³-hybridized carbons (Fsp3) is 0.600. The van der Waals surface area contributed by atoms with E-state index in [-0.39, 0.29) is 0 Å². The van der Waals surface area contributed by atoms with Gasteiger partial charge in [0.25, 0.3) is 0 Å². The van der Waals surface area contributed by atoms with Crippen LogP contribution in [0.15, 0.2) is 28.7 Å². The molecule has 3 atom stereocenters. The molecule has 100 valence electrons. The zero-order valence-electron chi connectivity index (χ0n) is 11.0. The second-order valence-corrected chi connectivity index (χ2v) is 6.44. The Balaban J connectivity index is 1.81. The van der Waals surface area contributed by atoms with E-state index in [1.807, 2.05) is 0 Å². The predicted octanol–water partition coefficient (Wildman–Crippen LogP) is 3.24. The maximum Gasteiger partial charge on any atom is 0.0175 e. The Morgan fingerprint density at radius 2 is 2.06 bits per heavy atom. The minimum absolute atomic E-state index is 0.399. The summed E-state index contributed by atoms with van der Waals surface area (Å²) in [4.78, 5) is 0. The monoisotopic (exact) mass is 310 g/mol. The zero-order chi connectivity index (χ0) is 13.0. The molecular formula is C15H23BrN2. The number of rotatable bonds is 4. The Bertz CT molecular complexity index is 363. The largest absolute Gasteiger partial charge is 0.328 e. The maximum atomic E-state index is 6.02. The van der Waals surface area contributed by atoms with Crippen LogP contribution < -0.4 is 11.1 Å². The highest BCUT2D eigenvalue weighted by Crippen LogP contribution is 2.18. The molecule has 1 saturated carbocycles. The normalized spacial score (nSPS) is 25.9. The molecule has 0 aromatic heterocycles. The summed E-state index contributed by atoms with van der Waals surface area (Å²) in [7, 11) is 0. The maximum absolute atomic E-state index is 6.02. The number of halogens is 1. The van der Waals surface area contributed by atoms with Crippen molar-refractivity contribution in [3.63, 3.8) is 0 Å². The van der Waals surface area contributed by atoms with Crippen LogP contribution in [0.3, 0.4) is 0 Å². The fourth-order valence-corrected chi connectivity index (χ4v) is 3.08. The predicted molar refractivity (Wildman–Crippen MR) is 80.7 cm³/mol. The number of hydrogen-bond acceptors (Lipinski definition) is 2. The van der Waals surface area contributed by atoms with Crippen LogP contribution in [-0.2, 0) is 6.42 Å². The highest BCUT2D eigenvalue weighted by atomic mass is 79.9. The lowest BCUT2D eigenvalue weighted by Gasteiger charge is -2.30. The number of benzene rings is 1. The Kier molecular flexibility index (Phi) is 5.22. The van der Waals surface area contributed by atoms with E-state index >= 15 is 0 Å². The molecule has 1 aliphatic carbocycles. The number of nitrogens with two attached hydrogens (primary N) is 1. The van der Waals surface area contributed by atoms with Crippen LogP contribution in [0.4, 0.5) is 0 Å². The zero-order valence-corrected chi connectivity index (χ0v) is 12.6. The SMILES string of the molecule is CC(Cc1ccc(Br)cc1)NC1CCCC(N)C1. The molecule has 3 N–H and O–H groups in total. The van der Waals surface area contributed by atoms with Crippen LogP contribution in [-0.4, -0.2) is 18.1 Å². The van der Waals surface area contributed by atoms with Gasteiger partial charge in [0, 0.05) is 22.6 Å². The second-order valence-electron chi connectivity index (χ2n) is 5.52. The molecule has 1 fully saturated rings. The summed E-state index contributed by atoms with van der Waals surface area (Å²) in [6.07, 6.45) is 5.95. The van der Waals surface area contributed by atoms with Crippen molar-refractivity contribution in [2.24, 2.45) is 5.73 Å². The van der Waals surface area contributed by atoms with E-state index in [4.69, 9.17) is 5.73 Å². The van der Waals surface area contributed by atoms with Gasteiger partial charge in [0.15, 0.2) is 0 Å². The number of nitrogens with one attached hydrogen (secondary N) is 1. The van der Waals surface area contributed by atoms with Gasteiger partial charge in [-0.1, -0.05) is 34.5 Å². The van der Waals surface area contributed by atoms with Crippen molar-refractivity contribution < 1.29 is 0 Å². The van der Waals surface area contributed by atoms with Gasteiger partial charge in [-0.15, -0.1) is 0 Å². The smallest absolute Gasteiger partial charge is 0.0175 e. The third-order valence-corrected chi connectivity index (χ3v) is 4.22. The Labute approximate surface area is 118 Å².